The highest BCUT2D eigenvalue weighted by atomic mass is 16.3. The van der Waals surface area contributed by atoms with E-state index in [4.69, 9.17) is 4.42 Å². The van der Waals surface area contributed by atoms with E-state index in [0.29, 0.717) is 0 Å². The van der Waals surface area contributed by atoms with Crippen molar-refractivity contribution in [2.45, 2.75) is 27.7 Å². The van der Waals surface area contributed by atoms with E-state index >= 15 is 0 Å². The Morgan fingerprint density at radius 1 is 0.373 bits per heavy atom. The van der Waals surface area contributed by atoms with Gasteiger partial charge in [-0.05, 0) is 143 Å². The molecule has 59 heavy (non-hydrogen) atoms. The van der Waals surface area contributed by atoms with Crippen LogP contribution in [0.1, 0.15) is 22.3 Å². The van der Waals surface area contributed by atoms with Crippen LogP contribution in [0.4, 0.5) is 34.1 Å². The molecule has 0 N–H and O–H groups in total. The molecule has 1 heterocycles. The summed E-state index contributed by atoms with van der Waals surface area (Å²) in [5, 5.41) is 9.83. The van der Waals surface area contributed by atoms with Crippen LogP contribution in [0.2, 0.25) is 0 Å². The number of aryl methyl sites for hydroxylation is 4. The predicted molar refractivity (Wildman–Crippen MR) is 251 cm³/mol. The molecule has 0 radical (unpaired) electrons. The number of hydrogen-bond acceptors (Lipinski definition) is 3. The minimum atomic E-state index is 0.877. The molecule has 11 rings (SSSR count). The minimum absolute atomic E-state index is 0.877. The van der Waals surface area contributed by atoms with Crippen molar-refractivity contribution in [3.05, 3.63) is 204 Å². The lowest BCUT2D eigenvalue weighted by molar-refractivity contribution is 0.669. The molecule has 0 aliphatic heterocycles. The van der Waals surface area contributed by atoms with Crippen LogP contribution in [0, 0.1) is 27.7 Å². The molecule has 0 aliphatic carbocycles. The van der Waals surface area contributed by atoms with Crippen LogP contribution in [0.3, 0.4) is 0 Å². The molecule has 0 bridgehead atoms. The van der Waals surface area contributed by atoms with Gasteiger partial charge >= 0.3 is 0 Å². The van der Waals surface area contributed by atoms with Gasteiger partial charge in [-0.2, -0.15) is 0 Å². The van der Waals surface area contributed by atoms with Crippen LogP contribution >= 0.6 is 0 Å². The maximum absolute atomic E-state index is 6.54. The maximum Gasteiger partial charge on any atom is 0.159 e. The number of benzene rings is 10. The Bertz CT molecular complexity index is 3310. The van der Waals surface area contributed by atoms with E-state index in [2.05, 4.69) is 207 Å². The molecule has 10 aromatic carbocycles. The summed E-state index contributed by atoms with van der Waals surface area (Å²) in [6, 6.07) is 66.4. The van der Waals surface area contributed by atoms with Crippen molar-refractivity contribution in [1.29, 1.82) is 0 Å². The molecular formula is C56H42N2O. The molecule has 0 unspecified atom stereocenters. The van der Waals surface area contributed by atoms with E-state index in [-0.39, 0.29) is 0 Å². The van der Waals surface area contributed by atoms with Crippen LogP contribution in [-0.2, 0) is 0 Å². The monoisotopic (exact) mass is 758 g/mol. The van der Waals surface area contributed by atoms with E-state index in [9.17, 15) is 0 Å². The van der Waals surface area contributed by atoms with Gasteiger partial charge in [-0.15, -0.1) is 0 Å². The van der Waals surface area contributed by atoms with Crippen molar-refractivity contribution in [1.82, 2.24) is 0 Å². The zero-order valence-electron chi connectivity index (χ0n) is 33.6. The third-order valence-corrected chi connectivity index (χ3v) is 12.1. The number of anilines is 6. The standard InChI is InChI=1S/C56H42N2O/c1-35-17-29-50(37(3)31-35)58(51-30-18-36(2)32-38(51)4)45-33-41-20-19-40-23-27-46(48-28-24-42(34-45)54(41)55(40)48)39-21-25-44(26-22-39)57(43-11-6-5-7-12-43)52-15-10-14-49-47-13-8-9-16-53(47)59-56(49)52/h5-34H,1-4H3. The van der Waals surface area contributed by atoms with Crippen molar-refractivity contribution < 1.29 is 4.42 Å². The first-order chi connectivity index (χ1) is 28.9. The first-order valence-electron chi connectivity index (χ1n) is 20.4. The lowest BCUT2D eigenvalue weighted by Crippen LogP contribution is -2.13. The number of furan rings is 1. The van der Waals surface area contributed by atoms with Crippen LogP contribution < -0.4 is 9.80 Å². The number of fused-ring (bicyclic) bond motifs is 3. The van der Waals surface area contributed by atoms with Gasteiger partial charge in [0.05, 0.1) is 5.69 Å². The van der Waals surface area contributed by atoms with Crippen molar-refractivity contribution in [3.8, 4) is 11.1 Å². The molecule has 0 atom stereocenters. The SMILES string of the molecule is Cc1ccc(N(c2cc3ccc4ccc(-c5ccc(N(c6ccccc6)c6cccc7c6oc6ccccc67)cc5)c5ccc(c2)c3c45)c2ccc(C)cc2C)c(C)c1. The smallest absolute Gasteiger partial charge is 0.159 e. The normalized spacial score (nSPS) is 11.7. The first kappa shape index (κ1) is 34.9. The van der Waals surface area contributed by atoms with Crippen LogP contribution in [0.5, 0.6) is 0 Å². The lowest BCUT2D eigenvalue weighted by Gasteiger charge is -2.29. The highest BCUT2D eigenvalue weighted by molar-refractivity contribution is 6.26. The molecule has 0 fully saturated rings. The van der Waals surface area contributed by atoms with E-state index in [1.807, 2.05) is 12.1 Å². The summed E-state index contributed by atoms with van der Waals surface area (Å²) in [4.78, 5) is 4.74. The van der Waals surface area contributed by atoms with Gasteiger partial charge in [0.25, 0.3) is 0 Å². The van der Waals surface area contributed by atoms with E-state index in [1.165, 1.54) is 77.1 Å². The van der Waals surface area contributed by atoms with Gasteiger partial charge in [0.1, 0.15) is 5.58 Å². The third kappa shape index (κ3) is 5.73. The van der Waals surface area contributed by atoms with Gasteiger partial charge < -0.3 is 14.2 Å². The fraction of sp³-hybridized carbons (Fsp3) is 0.0714. The Morgan fingerprint density at radius 3 is 1.69 bits per heavy atom. The van der Waals surface area contributed by atoms with E-state index in [0.717, 1.165) is 44.7 Å². The number of nitrogens with zero attached hydrogens (tertiary/aromatic N) is 2. The minimum Gasteiger partial charge on any atom is -0.454 e. The molecule has 11 aromatic rings. The molecule has 1 aromatic heterocycles. The molecule has 0 spiro atoms. The van der Waals surface area contributed by atoms with Crippen LogP contribution in [0.15, 0.2) is 186 Å². The predicted octanol–water partition coefficient (Wildman–Crippen LogP) is 16.3. The molecule has 0 amide bonds. The fourth-order valence-corrected chi connectivity index (χ4v) is 9.41. The lowest BCUT2D eigenvalue weighted by atomic mass is 9.89. The van der Waals surface area contributed by atoms with Crippen molar-refractivity contribution >= 4 is 88.4 Å². The summed E-state index contributed by atoms with van der Waals surface area (Å²) in [6.45, 7) is 8.77. The topological polar surface area (TPSA) is 19.6 Å². The van der Waals surface area contributed by atoms with Crippen LogP contribution in [-0.4, -0.2) is 0 Å². The Balaban J connectivity index is 1.03. The van der Waals surface area contributed by atoms with Gasteiger partial charge in [-0.25, -0.2) is 0 Å². The number of rotatable bonds is 7. The molecule has 0 aliphatic rings. The van der Waals surface area contributed by atoms with Crippen LogP contribution in [0.25, 0.3) is 65.4 Å². The summed E-state index contributed by atoms with van der Waals surface area (Å²) >= 11 is 0. The summed E-state index contributed by atoms with van der Waals surface area (Å²) in [6.07, 6.45) is 0. The van der Waals surface area contributed by atoms with Gasteiger partial charge in [0, 0.05) is 39.2 Å². The van der Waals surface area contributed by atoms with E-state index in [1.54, 1.807) is 0 Å². The van der Waals surface area contributed by atoms with Crippen molar-refractivity contribution in [3.63, 3.8) is 0 Å². The third-order valence-electron chi connectivity index (χ3n) is 12.1. The van der Waals surface area contributed by atoms with Gasteiger partial charge in [0.2, 0.25) is 0 Å². The summed E-state index contributed by atoms with van der Waals surface area (Å²) in [7, 11) is 0. The van der Waals surface area contributed by atoms with Gasteiger partial charge in [0.15, 0.2) is 5.58 Å². The zero-order valence-corrected chi connectivity index (χ0v) is 33.6. The average Bonchev–Trinajstić information content (AvgIpc) is 3.64. The van der Waals surface area contributed by atoms with Gasteiger partial charge in [-0.1, -0.05) is 132 Å². The zero-order chi connectivity index (χ0) is 39.8. The molecule has 3 heteroatoms. The average molecular weight is 759 g/mol. The number of para-hydroxylation sites is 3. The molecule has 0 saturated carbocycles. The largest absolute Gasteiger partial charge is 0.454 e. The summed E-state index contributed by atoms with van der Waals surface area (Å²) in [5.74, 6) is 0. The van der Waals surface area contributed by atoms with Gasteiger partial charge in [-0.3, -0.25) is 0 Å². The van der Waals surface area contributed by atoms with E-state index < -0.39 is 0 Å². The molecule has 3 nitrogen and oxygen atoms in total. The summed E-state index contributed by atoms with van der Waals surface area (Å²) < 4.78 is 6.54. The molecular weight excluding hydrogens is 717 g/mol. The van der Waals surface area contributed by atoms with Crippen molar-refractivity contribution in [2.24, 2.45) is 0 Å². The Morgan fingerprint density at radius 2 is 0.983 bits per heavy atom. The number of hydrogen-bond donors (Lipinski definition) is 0. The second-order valence-electron chi connectivity index (χ2n) is 16.0. The molecule has 0 saturated heterocycles. The van der Waals surface area contributed by atoms with Crippen molar-refractivity contribution in [2.75, 3.05) is 9.80 Å². The highest BCUT2D eigenvalue weighted by Gasteiger charge is 2.22. The fourth-order valence-electron chi connectivity index (χ4n) is 9.41. The Hall–Kier alpha value is -7.36. The maximum atomic E-state index is 6.54. The molecule has 282 valence electrons. The first-order valence-corrected chi connectivity index (χ1v) is 20.4. The second-order valence-corrected chi connectivity index (χ2v) is 16.0. The Kier molecular flexibility index (Phi) is 8.06. The Labute approximate surface area is 344 Å². The highest BCUT2D eigenvalue weighted by Crippen LogP contribution is 2.46. The summed E-state index contributed by atoms with van der Waals surface area (Å²) in [5.41, 5.74) is 15.9. The second kappa shape index (κ2) is 13.6. The quantitative estimate of drug-likeness (QED) is 0.151.